The first-order chi connectivity index (χ1) is 14.0. The SMILES string of the molecule is COCCOc1cc(Nc2cc(C)[nH]n2)nc(NC2C3CC4CC2C(O)(C4)C3)n1. The van der Waals surface area contributed by atoms with Crippen LogP contribution in [0.1, 0.15) is 31.4 Å². The summed E-state index contributed by atoms with van der Waals surface area (Å²) in [7, 11) is 1.64. The van der Waals surface area contributed by atoms with Crippen molar-refractivity contribution in [1.29, 1.82) is 0 Å². The first-order valence-corrected chi connectivity index (χ1v) is 10.3. The van der Waals surface area contributed by atoms with Crippen molar-refractivity contribution in [1.82, 2.24) is 20.2 Å². The van der Waals surface area contributed by atoms with Gasteiger partial charge in [0.1, 0.15) is 12.4 Å². The van der Waals surface area contributed by atoms with Crippen molar-refractivity contribution in [2.24, 2.45) is 17.8 Å². The van der Waals surface area contributed by atoms with E-state index in [1.54, 1.807) is 13.2 Å². The second kappa shape index (κ2) is 7.14. The summed E-state index contributed by atoms with van der Waals surface area (Å²) in [5.74, 6) is 3.70. The summed E-state index contributed by atoms with van der Waals surface area (Å²) in [4.78, 5) is 9.19. The topological polar surface area (TPSA) is 117 Å². The van der Waals surface area contributed by atoms with Crippen molar-refractivity contribution >= 4 is 17.6 Å². The molecular weight excluding hydrogens is 372 g/mol. The van der Waals surface area contributed by atoms with Crippen LogP contribution in [0, 0.1) is 24.7 Å². The molecule has 6 rings (SSSR count). The summed E-state index contributed by atoms with van der Waals surface area (Å²) < 4.78 is 10.8. The standard InChI is InChI=1S/C20H28N6O3/c1-11-5-16(26-25-11)21-15-8-17(29-4-3-28-2)23-19(22-15)24-18-13-6-12-7-14(18)20(27,9-12)10-13/h5,8,12-14,18,27H,3-4,6-7,9-10H2,1-2H3,(H3,21,22,23,24,25,26). The maximum atomic E-state index is 11.0. The Bertz CT molecular complexity index is 889. The number of rotatable bonds is 8. The minimum atomic E-state index is -0.508. The van der Waals surface area contributed by atoms with Gasteiger partial charge in [-0.1, -0.05) is 0 Å². The monoisotopic (exact) mass is 400 g/mol. The van der Waals surface area contributed by atoms with Crippen LogP contribution in [0.15, 0.2) is 12.1 Å². The molecule has 4 saturated carbocycles. The Morgan fingerprint density at radius 2 is 2.10 bits per heavy atom. The lowest BCUT2D eigenvalue weighted by Gasteiger charge is -2.32. The van der Waals surface area contributed by atoms with Crippen LogP contribution < -0.4 is 15.4 Å². The van der Waals surface area contributed by atoms with Gasteiger partial charge in [0, 0.05) is 36.9 Å². The minimum Gasteiger partial charge on any atom is -0.475 e. The fourth-order valence-corrected chi connectivity index (χ4v) is 5.61. The zero-order chi connectivity index (χ0) is 20.0. The summed E-state index contributed by atoms with van der Waals surface area (Å²) in [6.07, 6.45) is 4.09. The number of hydrogen-bond donors (Lipinski definition) is 4. The van der Waals surface area contributed by atoms with Crippen LogP contribution in [0.5, 0.6) is 5.88 Å². The van der Waals surface area contributed by atoms with Crippen LogP contribution in [0.3, 0.4) is 0 Å². The molecule has 0 aromatic carbocycles. The summed E-state index contributed by atoms with van der Waals surface area (Å²) >= 11 is 0. The van der Waals surface area contributed by atoms with E-state index in [-0.39, 0.29) is 12.0 Å². The lowest BCUT2D eigenvalue weighted by atomic mass is 9.79. The number of aromatic nitrogens is 4. The van der Waals surface area contributed by atoms with Gasteiger partial charge >= 0.3 is 0 Å². The molecule has 4 fully saturated rings. The maximum Gasteiger partial charge on any atom is 0.228 e. The Morgan fingerprint density at radius 1 is 1.21 bits per heavy atom. The van der Waals surface area contributed by atoms with E-state index in [2.05, 4.69) is 30.8 Å². The number of anilines is 3. The van der Waals surface area contributed by atoms with Gasteiger partial charge in [0.2, 0.25) is 11.8 Å². The smallest absolute Gasteiger partial charge is 0.228 e. The third kappa shape index (κ3) is 3.53. The molecule has 156 valence electrons. The Balaban J connectivity index is 1.37. The molecule has 4 bridgehead atoms. The lowest BCUT2D eigenvalue weighted by molar-refractivity contribution is 0.00988. The van der Waals surface area contributed by atoms with E-state index in [0.29, 0.717) is 48.5 Å². The van der Waals surface area contributed by atoms with E-state index in [1.807, 2.05) is 13.0 Å². The van der Waals surface area contributed by atoms with Crippen LogP contribution in [-0.2, 0) is 4.74 Å². The van der Waals surface area contributed by atoms with Gasteiger partial charge in [0.25, 0.3) is 0 Å². The molecule has 5 atom stereocenters. The molecule has 4 aliphatic rings. The summed E-state index contributed by atoms with van der Waals surface area (Å²) in [5.41, 5.74) is 0.452. The van der Waals surface area contributed by atoms with Crippen molar-refractivity contribution in [2.75, 3.05) is 31.0 Å². The van der Waals surface area contributed by atoms with Crippen LogP contribution in [0.4, 0.5) is 17.6 Å². The molecule has 2 aromatic heterocycles. The molecule has 9 heteroatoms. The molecule has 2 aromatic rings. The number of aliphatic hydroxyl groups is 1. The summed E-state index contributed by atoms with van der Waals surface area (Å²) in [6, 6.07) is 3.86. The molecule has 0 aliphatic heterocycles. The largest absolute Gasteiger partial charge is 0.475 e. The van der Waals surface area contributed by atoms with Crippen molar-refractivity contribution < 1.29 is 14.6 Å². The fraction of sp³-hybridized carbons (Fsp3) is 0.650. The van der Waals surface area contributed by atoms with Crippen molar-refractivity contribution in [3.63, 3.8) is 0 Å². The van der Waals surface area contributed by atoms with E-state index in [4.69, 9.17) is 9.47 Å². The Labute approximate surface area is 169 Å². The molecular formula is C20H28N6O3. The van der Waals surface area contributed by atoms with E-state index < -0.39 is 5.60 Å². The molecule has 2 heterocycles. The highest BCUT2D eigenvalue weighted by Crippen LogP contribution is 2.60. The number of hydrogen-bond acceptors (Lipinski definition) is 8. The first kappa shape index (κ1) is 18.6. The zero-order valence-electron chi connectivity index (χ0n) is 16.8. The van der Waals surface area contributed by atoms with Gasteiger partial charge in [-0.2, -0.15) is 15.1 Å². The second-order valence-electron chi connectivity index (χ2n) is 8.70. The van der Waals surface area contributed by atoms with Gasteiger partial charge in [-0.05, 0) is 44.4 Å². The average molecular weight is 400 g/mol. The molecule has 29 heavy (non-hydrogen) atoms. The number of nitrogens with zero attached hydrogens (tertiary/aromatic N) is 3. The Morgan fingerprint density at radius 3 is 2.86 bits per heavy atom. The predicted molar refractivity (Wildman–Crippen MR) is 107 cm³/mol. The third-order valence-corrected chi connectivity index (χ3v) is 6.61. The molecule has 9 nitrogen and oxygen atoms in total. The van der Waals surface area contributed by atoms with Crippen LogP contribution in [0.2, 0.25) is 0 Å². The van der Waals surface area contributed by atoms with Crippen LogP contribution in [0.25, 0.3) is 0 Å². The number of H-pyrrole nitrogens is 1. The van der Waals surface area contributed by atoms with Crippen molar-refractivity contribution in [3.8, 4) is 5.88 Å². The second-order valence-corrected chi connectivity index (χ2v) is 8.70. The molecule has 0 radical (unpaired) electrons. The number of ether oxygens (including phenoxy) is 2. The third-order valence-electron chi connectivity index (χ3n) is 6.61. The maximum absolute atomic E-state index is 11.0. The predicted octanol–water partition coefficient (Wildman–Crippen LogP) is 2.24. The molecule has 4 N–H and O–H groups in total. The number of methoxy groups -OCH3 is 1. The molecule has 4 aliphatic carbocycles. The minimum absolute atomic E-state index is 0.202. The first-order valence-electron chi connectivity index (χ1n) is 10.3. The van der Waals surface area contributed by atoms with E-state index in [0.717, 1.165) is 25.0 Å². The van der Waals surface area contributed by atoms with Gasteiger partial charge in [-0.25, -0.2) is 0 Å². The fourth-order valence-electron chi connectivity index (χ4n) is 5.61. The van der Waals surface area contributed by atoms with Gasteiger partial charge < -0.3 is 25.2 Å². The van der Waals surface area contributed by atoms with Crippen molar-refractivity contribution in [3.05, 3.63) is 17.8 Å². The van der Waals surface area contributed by atoms with Gasteiger partial charge in [0.15, 0.2) is 5.82 Å². The molecule has 0 amide bonds. The quantitative estimate of drug-likeness (QED) is 0.499. The van der Waals surface area contributed by atoms with Crippen molar-refractivity contribution in [2.45, 2.75) is 44.2 Å². The molecule has 5 unspecified atom stereocenters. The highest BCUT2D eigenvalue weighted by molar-refractivity contribution is 5.55. The molecule has 0 spiro atoms. The highest BCUT2D eigenvalue weighted by Gasteiger charge is 2.62. The summed E-state index contributed by atoms with van der Waals surface area (Å²) in [5, 5.41) is 24.8. The Kier molecular flexibility index (Phi) is 4.59. The Hall–Kier alpha value is -2.39. The number of aromatic amines is 1. The lowest BCUT2D eigenvalue weighted by Crippen LogP contribution is -2.37. The van der Waals surface area contributed by atoms with Crippen LogP contribution >= 0.6 is 0 Å². The van der Waals surface area contributed by atoms with Crippen LogP contribution in [-0.4, -0.2) is 57.2 Å². The zero-order valence-corrected chi connectivity index (χ0v) is 16.8. The van der Waals surface area contributed by atoms with E-state index in [9.17, 15) is 5.11 Å². The van der Waals surface area contributed by atoms with Gasteiger partial charge in [0.05, 0.1) is 12.2 Å². The summed E-state index contributed by atoms with van der Waals surface area (Å²) in [6.45, 7) is 2.83. The number of aryl methyl sites for hydroxylation is 1. The average Bonchev–Trinajstić information content (AvgIpc) is 3.23. The molecule has 0 saturated heterocycles. The van der Waals surface area contributed by atoms with E-state index >= 15 is 0 Å². The highest BCUT2D eigenvalue weighted by atomic mass is 16.5. The van der Waals surface area contributed by atoms with Gasteiger partial charge in [-0.3, -0.25) is 5.10 Å². The normalized spacial score (nSPS) is 32.0. The number of nitrogens with one attached hydrogen (secondary N) is 3. The van der Waals surface area contributed by atoms with Gasteiger partial charge in [-0.15, -0.1) is 0 Å². The van der Waals surface area contributed by atoms with E-state index in [1.165, 1.54) is 6.42 Å².